The Morgan fingerprint density at radius 1 is 1.41 bits per heavy atom. The van der Waals surface area contributed by atoms with Crippen molar-refractivity contribution in [3.8, 4) is 0 Å². The Kier molecular flexibility index (Phi) is 3.83. The third kappa shape index (κ3) is 2.81. The van der Waals surface area contributed by atoms with Crippen LogP contribution in [0.15, 0.2) is 18.2 Å². The summed E-state index contributed by atoms with van der Waals surface area (Å²) in [6.07, 6.45) is 0. The fraction of sp³-hybridized carbons (Fsp3) is 0.417. The predicted molar refractivity (Wildman–Crippen MR) is 63.0 cm³/mol. The number of hydrogen-bond acceptors (Lipinski definition) is 3. The lowest BCUT2D eigenvalue weighted by atomic mass is 9.88. The number of carboxylic acids is 1. The third-order valence-electron chi connectivity index (χ3n) is 2.72. The van der Waals surface area contributed by atoms with Crippen LogP contribution >= 0.6 is 0 Å². The van der Waals surface area contributed by atoms with Gasteiger partial charge in [-0.15, -0.1) is 0 Å². The molecule has 0 aliphatic carbocycles. The monoisotopic (exact) mass is 237 g/mol. The number of rotatable bonds is 4. The molecule has 0 fully saturated rings. The molecule has 1 aromatic rings. The fourth-order valence-corrected chi connectivity index (χ4v) is 1.83. The first-order valence-corrected chi connectivity index (χ1v) is 5.32. The van der Waals surface area contributed by atoms with E-state index >= 15 is 0 Å². The van der Waals surface area contributed by atoms with E-state index < -0.39 is 16.8 Å². The van der Waals surface area contributed by atoms with Crippen molar-refractivity contribution in [1.29, 1.82) is 0 Å². The summed E-state index contributed by atoms with van der Waals surface area (Å²) in [7, 11) is 0. The second-order valence-corrected chi connectivity index (χ2v) is 4.36. The van der Waals surface area contributed by atoms with Gasteiger partial charge in [0.05, 0.1) is 10.8 Å². The first-order valence-electron chi connectivity index (χ1n) is 5.32. The van der Waals surface area contributed by atoms with Crippen molar-refractivity contribution < 1.29 is 14.8 Å². The zero-order valence-corrected chi connectivity index (χ0v) is 10.0. The molecule has 0 radical (unpaired) electrons. The molecule has 0 saturated heterocycles. The summed E-state index contributed by atoms with van der Waals surface area (Å²) in [4.78, 5) is 21.4. The van der Waals surface area contributed by atoms with Crippen LogP contribution in [0.25, 0.3) is 0 Å². The van der Waals surface area contributed by atoms with E-state index in [0.29, 0.717) is 11.1 Å². The van der Waals surface area contributed by atoms with Crippen molar-refractivity contribution in [2.75, 3.05) is 0 Å². The summed E-state index contributed by atoms with van der Waals surface area (Å²) in [5, 5.41) is 19.9. The van der Waals surface area contributed by atoms with Crippen molar-refractivity contribution >= 4 is 11.7 Å². The fourth-order valence-electron chi connectivity index (χ4n) is 1.83. The molecule has 1 atom stereocenters. The number of hydrogen-bond donors (Lipinski definition) is 1. The van der Waals surface area contributed by atoms with E-state index in [2.05, 4.69) is 0 Å². The summed E-state index contributed by atoms with van der Waals surface area (Å²) in [5.74, 6) is -1.79. The maximum atomic E-state index is 11.1. The van der Waals surface area contributed by atoms with Crippen LogP contribution < -0.4 is 0 Å². The molecule has 0 spiro atoms. The van der Waals surface area contributed by atoms with Crippen LogP contribution in [0.5, 0.6) is 0 Å². The SMILES string of the molecule is Cc1ccc(C(C(=O)O)C(C)C)cc1[N+](=O)[O-]. The molecule has 1 N–H and O–H groups in total. The zero-order valence-electron chi connectivity index (χ0n) is 10.0. The highest BCUT2D eigenvalue weighted by Crippen LogP contribution is 2.29. The van der Waals surface area contributed by atoms with Gasteiger partial charge in [0.2, 0.25) is 0 Å². The molecule has 5 nitrogen and oxygen atoms in total. The molecule has 0 aromatic heterocycles. The van der Waals surface area contributed by atoms with E-state index in [4.69, 9.17) is 5.11 Å². The summed E-state index contributed by atoms with van der Waals surface area (Å²) in [6, 6.07) is 4.58. The second kappa shape index (κ2) is 4.95. The number of nitrogens with zero attached hydrogens (tertiary/aromatic N) is 1. The average Bonchev–Trinajstić information content (AvgIpc) is 2.19. The van der Waals surface area contributed by atoms with Crippen LogP contribution in [-0.4, -0.2) is 16.0 Å². The van der Waals surface area contributed by atoms with Gasteiger partial charge >= 0.3 is 5.97 Å². The van der Waals surface area contributed by atoms with Crippen LogP contribution in [0, 0.1) is 23.0 Å². The minimum absolute atomic E-state index is 0.0330. The van der Waals surface area contributed by atoms with E-state index in [1.54, 1.807) is 32.9 Å². The van der Waals surface area contributed by atoms with Gasteiger partial charge in [0.15, 0.2) is 0 Å². The van der Waals surface area contributed by atoms with Gasteiger partial charge in [-0.05, 0) is 18.4 Å². The first-order chi connectivity index (χ1) is 7.84. The third-order valence-corrected chi connectivity index (χ3v) is 2.72. The Morgan fingerprint density at radius 2 is 2.00 bits per heavy atom. The second-order valence-electron chi connectivity index (χ2n) is 4.36. The average molecular weight is 237 g/mol. The highest BCUT2D eigenvalue weighted by molar-refractivity contribution is 5.76. The topological polar surface area (TPSA) is 80.4 Å². The number of carbonyl (C=O) groups is 1. The lowest BCUT2D eigenvalue weighted by Crippen LogP contribution is -2.17. The van der Waals surface area contributed by atoms with Crippen LogP contribution in [0.1, 0.15) is 30.9 Å². The smallest absolute Gasteiger partial charge is 0.311 e. The molecule has 0 saturated carbocycles. The van der Waals surface area contributed by atoms with Crippen LogP contribution in [0.2, 0.25) is 0 Å². The molecule has 92 valence electrons. The van der Waals surface area contributed by atoms with Gasteiger partial charge < -0.3 is 5.11 Å². The molecule has 1 unspecified atom stereocenters. The maximum Gasteiger partial charge on any atom is 0.311 e. The molecule has 0 bridgehead atoms. The Bertz CT molecular complexity index is 454. The molecule has 1 aromatic carbocycles. The van der Waals surface area contributed by atoms with Crippen molar-refractivity contribution in [3.05, 3.63) is 39.4 Å². The van der Waals surface area contributed by atoms with Crippen molar-refractivity contribution in [2.24, 2.45) is 5.92 Å². The molecule has 0 aliphatic heterocycles. The molecule has 17 heavy (non-hydrogen) atoms. The summed E-state index contributed by atoms with van der Waals surface area (Å²) in [6.45, 7) is 5.20. The Labute approximate surface area is 99.2 Å². The van der Waals surface area contributed by atoms with Crippen LogP contribution in [0.4, 0.5) is 5.69 Å². The summed E-state index contributed by atoms with van der Waals surface area (Å²) < 4.78 is 0. The van der Waals surface area contributed by atoms with Gasteiger partial charge in [-0.1, -0.05) is 26.0 Å². The molecule has 0 aliphatic rings. The molecular weight excluding hydrogens is 222 g/mol. The number of aryl methyl sites for hydroxylation is 1. The van der Waals surface area contributed by atoms with E-state index in [1.165, 1.54) is 6.07 Å². The van der Waals surface area contributed by atoms with E-state index in [0.717, 1.165) is 0 Å². The Balaban J connectivity index is 3.26. The van der Waals surface area contributed by atoms with E-state index in [1.807, 2.05) is 0 Å². The van der Waals surface area contributed by atoms with Crippen LogP contribution in [-0.2, 0) is 4.79 Å². The highest BCUT2D eigenvalue weighted by atomic mass is 16.6. The number of carboxylic acid groups (broad SMARTS) is 1. The zero-order chi connectivity index (χ0) is 13.2. The molecule has 0 heterocycles. The van der Waals surface area contributed by atoms with Gasteiger partial charge in [-0.25, -0.2) is 0 Å². The normalized spacial score (nSPS) is 12.5. The minimum Gasteiger partial charge on any atom is -0.481 e. The number of benzene rings is 1. The molecule has 0 amide bonds. The maximum absolute atomic E-state index is 11.1. The number of aliphatic carboxylic acids is 1. The largest absolute Gasteiger partial charge is 0.481 e. The number of nitro groups is 1. The standard InChI is InChI=1S/C12H15NO4/c1-7(2)11(12(14)15)9-5-4-8(3)10(6-9)13(16)17/h4-7,11H,1-3H3,(H,14,15). The van der Waals surface area contributed by atoms with Gasteiger partial charge in [0.1, 0.15) is 0 Å². The van der Waals surface area contributed by atoms with Crippen molar-refractivity contribution in [2.45, 2.75) is 26.7 Å². The quantitative estimate of drug-likeness (QED) is 0.644. The first kappa shape index (κ1) is 13.2. The molecular formula is C12H15NO4. The lowest BCUT2D eigenvalue weighted by molar-refractivity contribution is -0.385. The summed E-state index contributed by atoms with van der Waals surface area (Å²) in [5.41, 5.74) is 0.978. The Morgan fingerprint density at radius 3 is 2.41 bits per heavy atom. The number of nitro benzene ring substituents is 1. The van der Waals surface area contributed by atoms with Crippen LogP contribution in [0.3, 0.4) is 0 Å². The lowest BCUT2D eigenvalue weighted by Gasteiger charge is -2.16. The van der Waals surface area contributed by atoms with E-state index in [-0.39, 0.29) is 11.6 Å². The Hall–Kier alpha value is -1.91. The van der Waals surface area contributed by atoms with Gasteiger partial charge in [-0.3, -0.25) is 14.9 Å². The van der Waals surface area contributed by atoms with Crippen molar-refractivity contribution in [3.63, 3.8) is 0 Å². The summed E-state index contributed by atoms with van der Waals surface area (Å²) >= 11 is 0. The van der Waals surface area contributed by atoms with Gasteiger partial charge in [0, 0.05) is 11.6 Å². The predicted octanol–water partition coefficient (Wildman–Crippen LogP) is 2.73. The van der Waals surface area contributed by atoms with Gasteiger partial charge in [0.25, 0.3) is 5.69 Å². The minimum atomic E-state index is -0.960. The van der Waals surface area contributed by atoms with E-state index in [9.17, 15) is 14.9 Å². The molecule has 1 rings (SSSR count). The molecule has 5 heteroatoms. The van der Waals surface area contributed by atoms with Gasteiger partial charge in [-0.2, -0.15) is 0 Å². The highest BCUT2D eigenvalue weighted by Gasteiger charge is 2.25. The van der Waals surface area contributed by atoms with Crippen molar-refractivity contribution in [1.82, 2.24) is 0 Å².